The molecule has 0 aliphatic heterocycles. The number of anilines is 2. The maximum atomic E-state index is 4.60. The van der Waals surface area contributed by atoms with Gasteiger partial charge in [0.15, 0.2) is 0 Å². The fourth-order valence-corrected chi connectivity index (χ4v) is 3.78. The van der Waals surface area contributed by atoms with Gasteiger partial charge in [-0.1, -0.05) is 39.8 Å². The molecule has 0 saturated carbocycles. The van der Waals surface area contributed by atoms with E-state index in [-0.39, 0.29) is 0 Å². The van der Waals surface area contributed by atoms with Gasteiger partial charge >= 0.3 is 0 Å². The second kappa shape index (κ2) is 13.0. The lowest BCUT2D eigenvalue weighted by Gasteiger charge is -2.24. The minimum absolute atomic E-state index is 0.936. The molecule has 0 radical (unpaired) electrons. The molecular weight excluding hydrogens is 380 g/mol. The Morgan fingerprint density at radius 1 is 0.613 bits per heavy atom. The summed E-state index contributed by atoms with van der Waals surface area (Å²) in [6, 6.07) is 16.0. The normalized spacial score (nSPS) is 10.5. The van der Waals surface area contributed by atoms with Gasteiger partial charge in [0.05, 0.1) is 11.4 Å². The van der Waals surface area contributed by atoms with E-state index in [1.54, 1.807) is 0 Å². The van der Waals surface area contributed by atoms with Crippen molar-refractivity contribution < 1.29 is 0 Å². The molecule has 0 aromatic heterocycles. The first kappa shape index (κ1) is 24.7. The summed E-state index contributed by atoms with van der Waals surface area (Å²) >= 11 is 0. The molecule has 168 valence electrons. The van der Waals surface area contributed by atoms with Crippen LogP contribution in [0.15, 0.2) is 46.4 Å². The topological polar surface area (TPSA) is 31.2 Å². The van der Waals surface area contributed by atoms with Crippen molar-refractivity contribution in [3.05, 3.63) is 47.5 Å². The molecule has 0 saturated heterocycles. The minimum Gasteiger partial charge on any atom is -0.371 e. The zero-order valence-electron chi connectivity index (χ0n) is 20.4. The van der Waals surface area contributed by atoms with Gasteiger partial charge in [-0.25, -0.2) is 0 Å². The quantitative estimate of drug-likeness (QED) is 0.329. The Bertz CT molecular complexity index is 799. The van der Waals surface area contributed by atoms with Gasteiger partial charge < -0.3 is 9.80 Å². The van der Waals surface area contributed by atoms with E-state index in [0.29, 0.717) is 0 Å². The van der Waals surface area contributed by atoms with Crippen molar-refractivity contribution in [2.75, 3.05) is 36.0 Å². The summed E-state index contributed by atoms with van der Waals surface area (Å²) in [7, 11) is 0. The molecule has 0 heterocycles. The number of aliphatic imine (C=N–C) groups is 2. The Morgan fingerprint density at radius 2 is 0.968 bits per heavy atom. The van der Waals surface area contributed by atoms with Crippen LogP contribution < -0.4 is 9.80 Å². The molecule has 0 bridgehead atoms. The van der Waals surface area contributed by atoms with Crippen molar-refractivity contribution in [2.24, 2.45) is 9.98 Å². The lowest BCUT2D eigenvalue weighted by atomic mass is 10.1. The van der Waals surface area contributed by atoms with Gasteiger partial charge in [-0.2, -0.15) is 9.98 Å². The van der Waals surface area contributed by atoms with Crippen LogP contribution >= 0.6 is 0 Å². The highest BCUT2D eigenvalue weighted by molar-refractivity contribution is 5.67. The smallest absolute Gasteiger partial charge is 0.100 e. The highest BCUT2D eigenvalue weighted by Crippen LogP contribution is 2.28. The number of rotatable bonds is 12. The second-order valence-electron chi connectivity index (χ2n) is 8.24. The van der Waals surface area contributed by atoms with Gasteiger partial charge in [0.2, 0.25) is 0 Å². The summed E-state index contributed by atoms with van der Waals surface area (Å²) in [5.74, 6) is 0. The van der Waals surface area contributed by atoms with Crippen molar-refractivity contribution >= 4 is 28.8 Å². The molecule has 2 aromatic carbocycles. The van der Waals surface area contributed by atoms with E-state index in [1.807, 2.05) is 0 Å². The lowest BCUT2D eigenvalue weighted by molar-refractivity contribution is 0.745. The highest BCUT2D eigenvalue weighted by Gasteiger charge is 2.08. The zero-order chi connectivity index (χ0) is 22.6. The summed E-state index contributed by atoms with van der Waals surface area (Å²) in [5, 5.41) is 0. The molecule has 2 rings (SSSR count). The average molecular weight is 421 g/mol. The van der Waals surface area contributed by atoms with E-state index in [0.717, 1.165) is 74.4 Å². The summed E-state index contributed by atoms with van der Waals surface area (Å²) in [5.41, 5.74) is 6.60. The van der Waals surface area contributed by atoms with Crippen molar-refractivity contribution in [1.82, 2.24) is 0 Å². The van der Waals surface area contributed by atoms with Crippen LogP contribution in [0, 0.1) is 13.8 Å². The standard InChI is InChI=1S/C27H40N4/c1-7-15-30(16-8-2)24-13-11-22(5)26(19-24)28-21-29-27-20-25(14-12-23(27)6)31(17-9-3)18-10-4/h11-14,19-20H,7-10,15-18H2,1-6H3. The van der Waals surface area contributed by atoms with Crippen molar-refractivity contribution in [2.45, 2.75) is 67.2 Å². The lowest BCUT2D eigenvalue weighted by Crippen LogP contribution is -2.24. The SMILES string of the molecule is CCCN(CCC)c1ccc(C)c(N=C=Nc2cc(N(CCC)CCC)ccc2C)c1. The van der Waals surface area contributed by atoms with E-state index in [2.05, 4.69) is 104 Å². The number of hydrogen-bond acceptors (Lipinski definition) is 4. The molecule has 2 aromatic rings. The highest BCUT2D eigenvalue weighted by atomic mass is 15.1. The van der Waals surface area contributed by atoms with E-state index in [9.17, 15) is 0 Å². The van der Waals surface area contributed by atoms with Crippen LogP contribution in [0.1, 0.15) is 64.5 Å². The van der Waals surface area contributed by atoms with E-state index in [1.165, 1.54) is 11.4 Å². The van der Waals surface area contributed by atoms with Crippen LogP contribution in [0.5, 0.6) is 0 Å². The summed E-state index contributed by atoms with van der Waals surface area (Å²) in [4.78, 5) is 14.1. The average Bonchev–Trinajstić information content (AvgIpc) is 2.76. The third-order valence-electron chi connectivity index (χ3n) is 5.43. The molecule has 0 atom stereocenters. The molecule has 31 heavy (non-hydrogen) atoms. The number of benzene rings is 2. The fourth-order valence-electron chi connectivity index (χ4n) is 3.78. The van der Waals surface area contributed by atoms with Crippen LogP contribution in [-0.2, 0) is 0 Å². The maximum absolute atomic E-state index is 4.60. The molecule has 0 fully saturated rings. The van der Waals surface area contributed by atoms with Crippen LogP contribution in [0.2, 0.25) is 0 Å². The predicted octanol–water partition coefficient (Wildman–Crippen LogP) is 7.69. The molecule has 4 nitrogen and oxygen atoms in total. The number of nitrogens with zero attached hydrogens (tertiary/aromatic N) is 4. The van der Waals surface area contributed by atoms with Crippen molar-refractivity contribution in [3.8, 4) is 0 Å². The molecule has 0 unspecified atom stereocenters. The summed E-state index contributed by atoms with van der Waals surface area (Å²) < 4.78 is 0. The second-order valence-corrected chi connectivity index (χ2v) is 8.24. The summed E-state index contributed by atoms with van der Waals surface area (Å²) in [6.45, 7) is 17.3. The number of aryl methyl sites for hydroxylation is 2. The third kappa shape index (κ3) is 7.25. The van der Waals surface area contributed by atoms with E-state index >= 15 is 0 Å². The molecule has 0 aliphatic carbocycles. The van der Waals surface area contributed by atoms with Crippen LogP contribution in [-0.4, -0.2) is 32.2 Å². The Kier molecular flexibility index (Phi) is 10.3. The minimum atomic E-state index is 0.936. The van der Waals surface area contributed by atoms with Gasteiger partial charge in [0, 0.05) is 37.6 Å². The van der Waals surface area contributed by atoms with Gasteiger partial charge in [0.1, 0.15) is 6.01 Å². The van der Waals surface area contributed by atoms with E-state index in [4.69, 9.17) is 0 Å². The van der Waals surface area contributed by atoms with Gasteiger partial charge in [0.25, 0.3) is 0 Å². The predicted molar refractivity (Wildman–Crippen MR) is 137 cm³/mol. The van der Waals surface area contributed by atoms with Gasteiger partial charge in [-0.15, -0.1) is 0 Å². The van der Waals surface area contributed by atoms with Crippen LogP contribution in [0.3, 0.4) is 0 Å². The monoisotopic (exact) mass is 420 g/mol. The van der Waals surface area contributed by atoms with Gasteiger partial charge in [-0.3, -0.25) is 0 Å². The maximum Gasteiger partial charge on any atom is 0.100 e. The largest absolute Gasteiger partial charge is 0.371 e. The summed E-state index contributed by atoms with van der Waals surface area (Å²) in [6.07, 6.45) is 4.54. The third-order valence-corrected chi connectivity index (χ3v) is 5.43. The van der Waals surface area contributed by atoms with Crippen LogP contribution in [0.4, 0.5) is 22.7 Å². The first-order valence-electron chi connectivity index (χ1n) is 11.9. The first-order chi connectivity index (χ1) is 15.0. The molecular formula is C27H40N4. The van der Waals surface area contributed by atoms with Crippen molar-refractivity contribution in [1.29, 1.82) is 0 Å². The van der Waals surface area contributed by atoms with Crippen LogP contribution in [0.25, 0.3) is 0 Å². The number of hydrogen-bond donors (Lipinski definition) is 0. The Balaban J connectivity index is 2.31. The Morgan fingerprint density at radius 3 is 1.29 bits per heavy atom. The van der Waals surface area contributed by atoms with E-state index < -0.39 is 0 Å². The zero-order valence-corrected chi connectivity index (χ0v) is 20.4. The Labute approximate surface area is 189 Å². The molecule has 4 heteroatoms. The molecule has 0 N–H and O–H groups in total. The molecule has 0 spiro atoms. The van der Waals surface area contributed by atoms with Crippen molar-refractivity contribution in [3.63, 3.8) is 0 Å². The molecule has 0 amide bonds. The van der Waals surface area contributed by atoms with Gasteiger partial charge in [-0.05, 0) is 74.9 Å². The molecule has 0 aliphatic rings. The fraction of sp³-hybridized carbons (Fsp3) is 0.519. The first-order valence-corrected chi connectivity index (χ1v) is 11.9. The Hall–Kier alpha value is -2.58.